The van der Waals surface area contributed by atoms with Gasteiger partial charge in [-0.05, 0) is 37.1 Å². The maximum atomic E-state index is 12.1. The molecule has 0 unspecified atom stereocenters. The summed E-state index contributed by atoms with van der Waals surface area (Å²) in [6.07, 6.45) is 2.10. The number of hydrogen-bond acceptors (Lipinski definition) is 4. The van der Waals surface area contributed by atoms with Crippen molar-refractivity contribution in [1.29, 1.82) is 5.26 Å². The molecule has 1 saturated carbocycles. The second kappa shape index (κ2) is 6.60. The fourth-order valence-electron chi connectivity index (χ4n) is 1.86. The summed E-state index contributed by atoms with van der Waals surface area (Å²) >= 11 is 1.46. The normalized spacial score (nSPS) is 13.9. The van der Waals surface area contributed by atoms with Gasteiger partial charge in [0.2, 0.25) is 5.91 Å². The lowest BCUT2D eigenvalue weighted by atomic mass is 10.2. The van der Waals surface area contributed by atoms with Crippen LogP contribution in [0.15, 0.2) is 29.2 Å². The Morgan fingerprint density at radius 2 is 2.11 bits per heavy atom. The molecule has 0 aliphatic heterocycles. The van der Waals surface area contributed by atoms with Crippen molar-refractivity contribution < 1.29 is 9.90 Å². The number of aliphatic hydroxyl groups is 1. The number of nitrogens with zero attached hydrogens (tertiary/aromatic N) is 2. The second-order valence-electron chi connectivity index (χ2n) is 4.47. The number of aliphatic hydroxyl groups excluding tert-OH is 1. The minimum absolute atomic E-state index is 0.0176. The van der Waals surface area contributed by atoms with E-state index < -0.39 is 0 Å². The predicted molar refractivity (Wildman–Crippen MR) is 73.7 cm³/mol. The topological polar surface area (TPSA) is 64.3 Å². The van der Waals surface area contributed by atoms with Crippen LogP contribution in [0.4, 0.5) is 0 Å². The summed E-state index contributed by atoms with van der Waals surface area (Å²) < 4.78 is 0. The lowest BCUT2D eigenvalue weighted by Crippen LogP contribution is -2.36. The number of rotatable bonds is 6. The number of carbonyl (C=O) groups is 1. The van der Waals surface area contributed by atoms with Crippen molar-refractivity contribution in [3.05, 3.63) is 29.8 Å². The Labute approximate surface area is 117 Å². The Morgan fingerprint density at radius 3 is 2.63 bits per heavy atom. The van der Waals surface area contributed by atoms with E-state index in [0.29, 0.717) is 23.9 Å². The van der Waals surface area contributed by atoms with Crippen molar-refractivity contribution in [2.75, 3.05) is 18.9 Å². The minimum atomic E-state index is 0.0176. The molecule has 1 aromatic carbocycles. The average Bonchev–Trinajstić information content (AvgIpc) is 3.27. The average molecular weight is 276 g/mol. The Balaban J connectivity index is 1.86. The van der Waals surface area contributed by atoms with E-state index in [1.54, 1.807) is 17.0 Å². The van der Waals surface area contributed by atoms with Crippen LogP contribution in [0.25, 0.3) is 0 Å². The summed E-state index contributed by atoms with van der Waals surface area (Å²) in [5.74, 6) is 0.452. The molecule has 0 bridgehead atoms. The van der Waals surface area contributed by atoms with Crippen LogP contribution < -0.4 is 0 Å². The maximum Gasteiger partial charge on any atom is 0.233 e. The smallest absolute Gasteiger partial charge is 0.233 e. The Kier molecular flexibility index (Phi) is 4.83. The van der Waals surface area contributed by atoms with E-state index in [9.17, 15) is 4.79 Å². The van der Waals surface area contributed by atoms with Gasteiger partial charge >= 0.3 is 0 Å². The number of hydrogen-bond donors (Lipinski definition) is 1. The first-order valence-corrected chi connectivity index (χ1v) is 7.26. The first kappa shape index (κ1) is 13.9. The summed E-state index contributed by atoms with van der Waals surface area (Å²) in [6.45, 7) is 0.446. The number of nitriles is 1. The molecular weight excluding hydrogens is 260 g/mol. The van der Waals surface area contributed by atoms with Crippen molar-refractivity contribution in [3.63, 3.8) is 0 Å². The molecule has 0 atom stereocenters. The highest BCUT2D eigenvalue weighted by molar-refractivity contribution is 8.00. The number of carbonyl (C=O) groups excluding carboxylic acids is 1. The van der Waals surface area contributed by atoms with E-state index in [4.69, 9.17) is 10.4 Å². The third kappa shape index (κ3) is 3.98. The highest BCUT2D eigenvalue weighted by Crippen LogP contribution is 2.28. The molecule has 0 saturated heterocycles. The Morgan fingerprint density at radius 1 is 1.42 bits per heavy atom. The van der Waals surface area contributed by atoms with Crippen LogP contribution in [0.1, 0.15) is 18.4 Å². The van der Waals surface area contributed by atoms with Gasteiger partial charge in [0.25, 0.3) is 0 Å². The molecule has 100 valence electrons. The van der Waals surface area contributed by atoms with Crippen molar-refractivity contribution in [2.45, 2.75) is 23.8 Å². The van der Waals surface area contributed by atoms with E-state index in [-0.39, 0.29) is 12.5 Å². The number of thioether (sulfide) groups is 1. The first-order valence-electron chi connectivity index (χ1n) is 6.28. The van der Waals surface area contributed by atoms with Crippen molar-refractivity contribution in [3.8, 4) is 6.07 Å². The molecule has 1 amide bonds. The molecule has 1 aliphatic rings. The van der Waals surface area contributed by atoms with Crippen LogP contribution in [0.2, 0.25) is 0 Å². The van der Waals surface area contributed by atoms with Crippen LogP contribution in [-0.2, 0) is 4.79 Å². The van der Waals surface area contributed by atoms with E-state index in [1.807, 2.05) is 12.1 Å². The largest absolute Gasteiger partial charge is 0.395 e. The van der Waals surface area contributed by atoms with Gasteiger partial charge in [-0.15, -0.1) is 11.8 Å². The van der Waals surface area contributed by atoms with Gasteiger partial charge in [-0.1, -0.05) is 0 Å². The monoisotopic (exact) mass is 276 g/mol. The summed E-state index contributed by atoms with van der Waals surface area (Å²) in [7, 11) is 0. The van der Waals surface area contributed by atoms with E-state index >= 15 is 0 Å². The van der Waals surface area contributed by atoms with Crippen molar-refractivity contribution >= 4 is 17.7 Å². The fourth-order valence-corrected chi connectivity index (χ4v) is 2.64. The minimum Gasteiger partial charge on any atom is -0.395 e. The van der Waals surface area contributed by atoms with Gasteiger partial charge in [0.15, 0.2) is 0 Å². The molecule has 0 spiro atoms. The van der Waals surface area contributed by atoms with Crippen LogP contribution >= 0.6 is 11.8 Å². The van der Waals surface area contributed by atoms with Gasteiger partial charge in [-0.2, -0.15) is 5.26 Å². The maximum absolute atomic E-state index is 12.1. The molecule has 5 heteroatoms. The Bertz CT molecular complexity index is 477. The molecule has 19 heavy (non-hydrogen) atoms. The summed E-state index contributed by atoms with van der Waals surface area (Å²) in [6, 6.07) is 9.60. The standard InChI is InChI=1S/C14H16N2O2S/c15-9-11-1-5-13(6-2-11)19-10-14(18)16(7-8-17)12-3-4-12/h1-2,5-6,12,17H,3-4,7-8,10H2. The lowest BCUT2D eigenvalue weighted by Gasteiger charge is -2.21. The summed E-state index contributed by atoms with van der Waals surface area (Å²) in [5.41, 5.74) is 0.621. The van der Waals surface area contributed by atoms with Crippen LogP contribution in [-0.4, -0.2) is 40.9 Å². The zero-order valence-electron chi connectivity index (χ0n) is 10.6. The van der Waals surface area contributed by atoms with Crippen LogP contribution in [0.5, 0.6) is 0 Å². The molecule has 0 radical (unpaired) electrons. The fraction of sp³-hybridized carbons (Fsp3) is 0.429. The molecule has 1 N–H and O–H groups in total. The molecule has 0 aromatic heterocycles. The highest BCUT2D eigenvalue weighted by atomic mass is 32.2. The van der Waals surface area contributed by atoms with Crippen molar-refractivity contribution in [2.24, 2.45) is 0 Å². The molecule has 4 nitrogen and oxygen atoms in total. The second-order valence-corrected chi connectivity index (χ2v) is 5.52. The third-order valence-corrected chi connectivity index (χ3v) is 3.99. The van der Waals surface area contributed by atoms with Crippen LogP contribution in [0.3, 0.4) is 0 Å². The highest BCUT2D eigenvalue weighted by Gasteiger charge is 2.31. The summed E-state index contributed by atoms with van der Waals surface area (Å²) in [4.78, 5) is 14.8. The van der Waals surface area contributed by atoms with Gasteiger partial charge in [0.1, 0.15) is 0 Å². The molecule has 2 rings (SSSR count). The predicted octanol–water partition coefficient (Wildman–Crippen LogP) is 1.63. The van der Waals surface area contributed by atoms with E-state index in [0.717, 1.165) is 17.7 Å². The molecule has 1 fully saturated rings. The molecule has 1 aliphatic carbocycles. The molecule has 0 heterocycles. The SMILES string of the molecule is N#Cc1ccc(SCC(=O)N(CCO)C2CC2)cc1. The quantitative estimate of drug-likeness (QED) is 0.802. The van der Waals surface area contributed by atoms with Gasteiger partial charge < -0.3 is 10.0 Å². The number of benzene rings is 1. The van der Waals surface area contributed by atoms with Gasteiger partial charge in [0, 0.05) is 17.5 Å². The Hall–Kier alpha value is -1.51. The van der Waals surface area contributed by atoms with Gasteiger partial charge in [0.05, 0.1) is 24.0 Å². The zero-order valence-corrected chi connectivity index (χ0v) is 11.4. The van der Waals surface area contributed by atoms with E-state index in [2.05, 4.69) is 6.07 Å². The zero-order chi connectivity index (χ0) is 13.7. The lowest BCUT2D eigenvalue weighted by molar-refractivity contribution is -0.129. The van der Waals surface area contributed by atoms with Crippen LogP contribution in [0, 0.1) is 11.3 Å². The van der Waals surface area contributed by atoms with Crippen molar-refractivity contribution in [1.82, 2.24) is 4.90 Å². The first-order chi connectivity index (χ1) is 9.24. The number of amides is 1. The molecule has 1 aromatic rings. The summed E-state index contributed by atoms with van der Waals surface area (Å²) in [5, 5.41) is 17.7. The van der Waals surface area contributed by atoms with Gasteiger partial charge in [-0.3, -0.25) is 4.79 Å². The third-order valence-electron chi connectivity index (χ3n) is 2.99. The van der Waals surface area contributed by atoms with E-state index in [1.165, 1.54) is 11.8 Å². The molecular formula is C14H16N2O2S. The van der Waals surface area contributed by atoms with Gasteiger partial charge in [-0.25, -0.2) is 0 Å².